The summed E-state index contributed by atoms with van der Waals surface area (Å²) in [5.74, 6) is 1.10. The third-order valence-electron chi connectivity index (χ3n) is 6.24. The zero-order valence-corrected chi connectivity index (χ0v) is 18.6. The zero-order valence-electron chi connectivity index (χ0n) is 18.6. The van der Waals surface area contributed by atoms with Crippen LogP contribution in [0.4, 0.5) is 0 Å². The molecule has 1 fully saturated rings. The van der Waals surface area contributed by atoms with Crippen molar-refractivity contribution >= 4 is 22.4 Å². The molecule has 2 atom stereocenters. The van der Waals surface area contributed by atoms with Crippen molar-refractivity contribution in [3.05, 3.63) is 114 Å². The number of amides is 1. The average Bonchev–Trinajstić information content (AvgIpc) is 3.68. The predicted octanol–water partition coefficient (Wildman–Crippen LogP) is 6.06. The summed E-state index contributed by atoms with van der Waals surface area (Å²) in [4.78, 5) is 12.5. The van der Waals surface area contributed by atoms with Crippen molar-refractivity contribution in [2.45, 2.75) is 25.9 Å². The van der Waals surface area contributed by atoms with E-state index in [4.69, 9.17) is 4.74 Å². The Morgan fingerprint density at radius 2 is 1.64 bits per heavy atom. The molecule has 1 aliphatic rings. The standard InChI is InChI=1S/C29H26N2O2/c1-20(30-31-29(32)28-18-27(28)23-8-3-2-4-9-23)21-14-16-25(17-15-21)33-19-24-12-7-11-22-10-5-6-13-26(22)24/h2-17,27-28H,18-19H2,1H3,(H,31,32)/b30-20+/t27-,28+/m1/s1. The van der Waals surface area contributed by atoms with Gasteiger partial charge in [-0.15, -0.1) is 0 Å². The van der Waals surface area contributed by atoms with Crippen LogP contribution in [0.3, 0.4) is 0 Å². The molecular formula is C29H26N2O2. The van der Waals surface area contributed by atoms with Crippen molar-refractivity contribution in [3.63, 3.8) is 0 Å². The van der Waals surface area contributed by atoms with E-state index in [0.717, 1.165) is 29.0 Å². The van der Waals surface area contributed by atoms with Crippen LogP contribution in [0.25, 0.3) is 10.8 Å². The van der Waals surface area contributed by atoms with Gasteiger partial charge in [0.2, 0.25) is 5.91 Å². The molecule has 4 nitrogen and oxygen atoms in total. The summed E-state index contributed by atoms with van der Waals surface area (Å²) in [5, 5.41) is 6.74. The minimum Gasteiger partial charge on any atom is -0.489 e. The molecule has 164 valence electrons. The van der Waals surface area contributed by atoms with Crippen LogP contribution in [-0.4, -0.2) is 11.6 Å². The molecule has 0 saturated heterocycles. The van der Waals surface area contributed by atoms with Gasteiger partial charge < -0.3 is 4.74 Å². The zero-order chi connectivity index (χ0) is 22.6. The number of rotatable bonds is 7. The fraction of sp³-hybridized carbons (Fsp3) is 0.172. The van der Waals surface area contributed by atoms with Crippen LogP contribution in [0.5, 0.6) is 5.75 Å². The van der Waals surface area contributed by atoms with E-state index in [9.17, 15) is 4.79 Å². The van der Waals surface area contributed by atoms with Gasteiger partial charge in [-0.25, -0.2) is 5.43 Å². The number of hydrazone groups is 1. The molecule has 5 rings (SSSR count). The Labute approximate surface area is 193 Å². The molecule has 0 aromatic heterocycles. The maximum atomic E-state index is 12.5. The molecule has 33 heavy (non-hydrogen) atoms. The third kappa shape index (κ3) is 4.80. The number of ether oxygens (including phenoxy) is 1. The summed E-state index contributed by atoms with van der Waals surface area (Å²) in [5.41, 5.74) is 6.83. The fourth-order valence-electron chi connectivity index (χ4n) is 4.21. The summed E-state index contributed by atoms with van der Waals surface area (Å²) in [6.07, 6.45) is 0.882. The second-order valence-electron chi connectivity index (χ2n) is 8.48. The largest absolute Gasteiger partial charge is 0.489 e. The molecule has 0 bridgehead atoms. The minimum absolute atomic E-state index is 0.00814. The molecule has 1 aliphatic carbocycles. The Hall–Kier alpha value is -3.92. The van der Waals surface area contributed by atoms with E-state index in [1.165, 1.54) is 16.3 Å². The van der Waals surface area contributed by atoms with Crippen LogP contribution in [-0.2, 0) is 11.4 Å². The second kappa shape index (κ2) is 9.29. The Kier molecular flexibility index (Phi) is 5.90. The number of carbonyl (C=O) groups is 1. The van der Waals surface area contributed by atoms with Crippen LogP contribution < -0.4 is 10.2 Å². The molecule has 4 aromatic carbocycles. The van der Waals surface area contributed by atoms with E-state index < -0.39 is 0 Å². The van der Waals surface area contributed by atoms with E-state index in [1.807, 2.05) is 61.5 Å². The number of nitrogens with one attached hydrogen (secondary N) is 1. The molecule has 4 heteroatoms. The number of carbonyl (C=O) groups excluding carboxylic acids is 1. The summed E-state index contributed by atoms with van der Waals surface area (Å²) in [6.45, 7) is 2.40. The first-order chi connectivity index (χ1) is 16.2. The van der Waals surface area contributed by atoms with Crippen molar-refractivity contribution < 1.29 is 9.53 Å². The molecule has 4 aromatic rings. The van der Waals surface area contributed by atoms with Crippen molar-refractivity contribution in [2.75, 3.05) is 0 Å². The van der Waals surface area contributed by atoms with Crippen LogP contribution in [0.2, 0.25) is 0 Å². The van der Waals surface area contributed by atoms with E-state index in [-0.39, 0.29) is 11.8 Å². The van der Waals surface area contributed by atoms with Gasteiger partial charge in [0.05, 0.1) is 5.71 Å². The molecule has 0 heterocycles. The van der Waals surface area contributed by atoms with Gasteiger partial charge in [0.1, 0.15) is 12.4 Å². The van der Waals surface area contributed by atoms with Crippen LogP contribution in [0.15, 0.2) is 102 Å². The SMILES string of the molecule is C/C(=N\NC(=O)[C@H]1C[C@@H]1c1ccccc1)c1ccc(OCc2cccc3ccccc23)cc1. The quantitative estimate of drug-likeness (QED) is 0.284. The van der Waals surface area contributed by atoms with Crippen molar-refractivity contribution in [1.29, 1.82) is 0 Å². The normalized spacial score (nSPS) is 17.5. The van der Waals surface area contributed by atoms with Crippen molar-refractivity contribution in [3.8, 4) is 5.75 Å². The number of hydrogen-bond donors (Lipinski definition) is 1. The highest BCUT2D eigenvalue weighted by molar-refractivity contribution is 5.99. The molecule has 0 spiro atoms. The van der Waals surface area contributed by atoms with Gasteiger partial charge in [-0.3, -0.25) is 4.79 Å². The average molecular weight is 435 g/mol. The molecular weight excluding hydrogens is 408 g/mol. The van der Waals surface area contributed by atoms with Crippen molar-refractivity contribution in [2.24, 2.45) is 11.0 Å². The van der Waals surface area contributed by atoms with Gasteiger partial charge in [0.15, 0.2) is 0 Å². The second-order valence-corrected chi connectivity index (χ2v) is 8.48. The Morgan fingerprint density at radius 1 is 0.909 bits per heavy atom. The maximum Gasteiger partial charge on any atom is 0.243 e. The lowest BCUT2D eigenvalue weighted by Gasteiger charge is -2.10. The van der Waals surface area contributed by atoms with Gasteiger partial charge in [0.25, 0.3) is 0 Å². The lowest BCUT2D eigenvalue weighted by molar-refractivity contribution is -0.122. The smallest absolute Gasteiger partial charge is 0.243 e. The number of hydrogen-bond acceptors (Lipinski definition) is 3. The van der Waals surface area contributed by atoms with Crippen LogP contribution >= 0.6 is 0 Å². The molecule has 1 saturated carbocycles. The van der Waals surface area contributed by atoms with Gasteiger partial charge in [-0.1, -0.05) is 72.8 Å². The molecule has 0 radical (unpaired) electrons. The van der Waals surface area contributed by atoms with Gasteiger partial charge >= 0.3 is 0 Å². The van der Waals surface area contributed by atoms with Gasteiger partial charge in [-0.2, -0.15) is 5.10 Å². The maximum absolute atomic E-state index is 12.5. The van der Waals surface area contributed by atoms with E-state index in [1.54, 1.807) is 0 Å². The molecule has 0 aliphatic heterocycles. The first-order valence-electron chi connectivity index (χ1n) is 11.3. The first kappa shape index (κ1) is 21.0. The van der Waals surface area contributed by atoms with E-state index in [0.29, 0.717) is 12.5 Å². The Balaban J connectivity index is 1.17. The highest BCUT2D eigenvalue weighted by Crippen LogP contribution is 2.47. The molecule has 0 unspecified atom stereocenters. The van der Waals surface area contributed by atoms with Crippen LogP contribution in [0, 0.1) is 5.92 Å². The van der Waals surface area contributed by atoms with Crippen molar-refractivity contribution in [1.82, 2.24) is 5.43 Å². The van der Waals surface area contributed by atoms with Gasteiger partial charge in [0, 0.05) is 5.92 Å². The topological polar surface area (TPSA) is 50.7 Å². The Bertz CT molecular complexity index is 1290. The number of fused-ring (bicyclic) bond motifs is 1. The molecule has 1 amide bonds. The summed E-state index contributed by atoms with van der Waals surface area (Å²) in [7, 11) is 0. The summed E-state index contributed by atoms with van der Waals surface area (Å²) >= 11 is 0. The van der Waals surface area contributed by atoms with Crippen LogP contribution in [0.1, 0.15) is 36.0 Å². The first-order valence-corrected chi connectivity index (χ1v) is 11.3. The molecule has 1 N–H and O–H groups in total. The highest BCUT2D eigenvalue weighted by Gasteiger charge is 2.43. The number of nitrogens with zero attached hydrogens (tertiary/aromatic N) is 1. The lowest BCUT2D eigenvalue weighted by atomic mass is 10.1. The summed E-state index contributed by atoms with van der Waals surface area (Å²) < 4.78 is 6.02. The number of benzene rings is 4. The Morgan fingerprint density at radius 3 is 2.45 bits per heavy atom. The lowest BCUT2D eigenvalue weighted by Crippen LogP contribution is -2.21. The monoisotopic (exact) mass is 434 g/mol. The summed E-state index contributed by atoms with van der Waals surface area (Å²) in [6, 6.07) is 32.6. The highest BCUT2D eigenvalue weighted by atomic mass is 16.5. The van der Waals surface area contributed by atoms with E-state index >= 15 is 0 Å². The fourth-order valence-corrected chi connectivity index (χ4v) is 4.21. The van der Waals surface area contributed by atoms with E-state index in [2.05, 4.69) is 53.0 Å². The van der Waals surface area contributed by atoms with Gasteiger partial charge in [-0.05, 0) is 71.0 Å². The minimum atomic E-state index is -0.0155. The predicted molar refractivity (Wildman–Crippen MR) is 132 cm³/mol. The third-order valence-corrected chi connectivity index (χ3v) is 6.24.